The van der Waals surface area contributed by atoms with E-state index in [0.717, 1.165) is 19.1 Å². The molecule has 1 N–H and O–H groups in total. The number of sulfone groups is 1. The Bertz CT molecular complexity index is 719. The van der Waals surface area contributed by atoms with E-state index in [0.29, 0.717) is 13.1 Å². The Balaban J connectivity index is 0.00000242. The standard InChI is InChI=1S/C13H20N2O4S2.ClH/c1-14-10-11-6-5-9-15(11)21(18,19)13-8-4-3-7-12(13)20(2,16)17;/h3-4,7-8,11,14H,5-6,9-10H2,1-2H3;1H. The second-order valence-corrected chi connectivity index (χ2v) is 9.03. The maximum atomic E-state index is 12.8. The smallest absolute Gasteiger partial charge is 0.244 e. The van der Waals surface area contributed by atoms with E-state index in [1.165, 1.54) is 22.5 Å². The summed E-state index contributed by atoms with van der Waals surface area (Å²) in [4.78, 5) is -0.268. The molecule has 0 saturated carbocycles. The van der Waals surface area contributed by atoms with Crippen LogP contribution in [0.3, 0.4) is 0 Å². The van der Waals surface area contributed by atoms with Crippen molar-refractivity contribution in [1.29, 1.82) is 0 Å². The molecule has 1 unspecified atom stereocenters. The Kier molecular flexibility index (Phi) is 6.40. The van der Waals surface area contributed by atoms with Crippen molar-refractivity contribution in [3.8, 4) is 0 Å². The average Bonchev–Trinajstić information content (AvgIpc) is 2.87. The molecule has 1 saturated heterocycles. The highest BCUT2D eigenvalue weighted by Gasteiger charge is 2.37. The van der Waals surface area contributed by atoms with Crippen LogP contribution in [0.5, 0.6) is 0 Å². The first-order valence-electron chi connectivity index (χ1n) is 6.74. The summed E-state index contributed by atoms with van der Waals surface area (Å²) in [7, 11) is -5.64. The van der Waals surface area contributed by atoms with Gasteiger partial charge in [-0.05, 0) is 32.0 Å². The lowest BCUT2D eigenvalue weighted by Crippen LogP contribution is -2.41. The molecule has 9 heteroatoms. The first-order valence-corrected chi connectivity index (χ1v) is 10.1. The van der Waals surface area contributed by atoms with Crippen LogP contribution in [0.15, 0.2) is 34.1 Å². The number of halogens is 1. The van der Waals surface area contributed by atoms with Crippen LogP contribution in [0, 0.1) is 0 Å². The molecule has 0 amide bonds. The summed E-state index contributed by atoms with van der Waals surface area (Å²) in [6.07, 6.45) is 2.59. The lowest BCUT2D eigenvalue weighted by Gasteiger charge is -2.24. The second-order valence-electron chi connectivity index (χ2n) is 5.19. The largest absolute Gasteiger partial charge is 0.318 e. The molecule has 0 bridgehead atoms. The summed E-state index contributed by atoms with van der Waals surface area (Å²) in [5, 5.41) is 2.98. The van der Waals surface area contributed by atoms with Crippen molar-refractivity contribution in [2.24, 2.45) is 0 Å². The van der Waals surface area contributed by atoms with Gasteiger partial charge in [-0.3, -0.25) is 0 Å². The molecular weight excluding hydrogens is 348 g/mol. The monoisotopic (exact) mass is 368 g/mol. The predicted octanol–water partition coefficient (Wildman–Crippen LogP) is 0.884. The van der Waals surface area contributed by atoms with Gasteiger partial charge in [0.15, 0.2) is 9.84 Å². The normalized spacial score (nSPS) is 19.8. The highest BCUT2D eigenvalue weighted by molar-refractivity contribution is 7.93. The van der Waals surface area contributed by atoms with E-state index in [1.54, 1.807) is 13.1 Å². The number of hydrogen-bond acceptors (Lipinski definition) is 5. The summed E-state index contributed by atoms with van der Waals surface area (Å²) < 4.78 is 50.7. The van der Waals surface area contributed by atoms with Gasteiger partial charge in [0, 0.05) is 25.4 Å². The van der Waals surface area contributed by atoms with Crippen LogP contribution < -0.4 is 5.32 Å². The van der Waals surface area contributed by atoms with Crippen molar-refractivity contribution in [2.45, 2.75) is 28.7 Å². The zero-order valence-electron chi connectivity index (χ0n) is 12.5. The van der Waals surface area contributed by atoms with Gasteiger partial charge in [-0.2, -0.15) is 4.31 Å². The molecule has 1 atom stereocenters. The summed E-state index contributed by atoms with van der Waals surface area (Å²) >= 11 is 0. The van der Waals surface area contributed by atoms with E-state index in [2.05, 4.69) is 5.32 Å². The maximum absolute atomic E-state index is 12.8. The van der Waals surface area contributed by atoms with Crippen LogP contribution in [0.4, 0.5) is 0 Å². The molecule has 0 spiro atoms. The van der Waals surface area contributed by atoms with Crippen molar-refractivity contribution in [2.75, 3.05) is 26.4 Å². The van der Waals surface area contributed by atoms with Gasteiger partial charge in [-0.15, -0.1) is 12.4 Å². The number of benzene rings is 1. The fraction of sp³-hybridized carbons (Fsp3) is 0.538. The van der Waals surface area contributed by atoms with Crippen LogP contribution in [0.2, 0.25) is 0 Å². The predicted molar refractivity (Wildman–Crippen MR) is 87.6 cm³/mol. The molecule has 1 aliphatic rings. The van der Waals surface area contributed by atoms with Crippen LogP contribution in [-0.2, 0) is 19.9 Å². The van der Waals surface area contributed by atoms with Gasteiger partial charge in [0.25, 0.3) is 0 Å². The zero-order chi connectivity index (χ0) is 15.7. The first kappa shape index (κ1) is 19.4. The van der Waals surface area contributed by atoms with Crippen LogP contribution >= 0.6 is 12.4 Å². The number of likely N-dealkylation sites (N-methyl/N-ethyl adjacent to an activating group) is 1. The minimum atomic E-state index is -3.81. The van der Waals surface area contributed by atoms with Gasteiger partial charge < -0.3 is 5.32 Å². The molecule has 22 heavy (non-hydrogen) atoms. The van der Waals surface area contributed by atoms with Gasteiger partial charge in [0.1, 0.15) is 4.90 Å². The topological polar surface area (TPSA) is 83.6 Å². The molecule has 2 rings (SSSR count). The maximum Gasteiger partial charge on any atom is 0.244 e. The lowest BCUT2D eigenvalue weighted by atomic mass is 10.2. The molecule has 126 valence electrons. The fourth-order valence-electron chi connectivity index (χ4n) is 2.66. The second kappa shape index (κ2) is 7.27. The molecule has 1 aromatic carbocycles. The van der Waals surface area contributed by atoms with Crippen molar-refractivity contribution in [3.63, 3.8) is 0 Å². The minimum Gasteiger partial charge on any atom is -0.318 e. The molecule has 1 aliphatic heterocycles. The fourth-order valence-corrected chi connectivity index (χ4v) is 5.96. The van der Waals surface area contributed by atoms with E-state index in [-0.39, 0.29) is 28.2 Å². The number of nitrogens with one attached hydrogen (secondary N) is 1. The van der Waals surface area contributed by atoms with Gasteiger partial charge in [-0.1, -0.05) is 12.1 Å². The van der Waals surface area contributed by atoms with Gasteiger partial charge >= 0.3 is 0 Å². The third kappa shape index (κ3) is 3.80. The molecule has 0 aromatic heterocycles. The Morgan fingerprint density at radius 3 is 2.32 bits per heavy atom. The van der Waals surface area contributed by atoms with E-state index < -0.39 is 19.9 Å². The number of hydrogen-bond donors (Lipinski definition) is 1. The van der Waals surface area contributed by atoms with E-state index in [9.17, 15) is 16.8 Å². The molecular formula is C13H21ClN2O4S2. The summed E-state index contributed by atoms with van der Waals surface area (Å²) in [6.45, 7) is 0.979. The van der Waals surface area contributed by atoms with Crippen molar-refractivity contribution in [3.05, 3.63) is 24.3 Å². The number of rotatable bonds is 5. The minimum absolute atomic E-state index is 0. The quantitative estimate of drug-likeness (QED) is 0.834. The lowest BCUT2D eigenvalue weighted by molar-refractivity contribution is 0.378. The zero-order valence-corrected chi connectivity index (χ0v) is 15.0. The SMILES string of the molecule is CNCC1CCCN1S(=O)(=O)c1ccccc1S(C)(=O)=O.Cl. The molecule has 1 aromatic rings. The molecule has 6 nitrogen and oxygen atoms in total. The Morgan fingerprint density at radius 2 is 1.77 bits per heavy atom. The molecule has 1 heterocycles. The van der Waals surface area contributed by atoms with E-state index in [4.69, 9.17) is 0 Å². The first-order chi connectivity index (χ1) is 9.78. The van der Waals surface area contributed by atoms with Crippen molar-refractivity contribution >= 4 is 32.3 Å². The average molecular weight is 369 g/mol. The Hall–Kier alpha value is -0.670. The molecule has 0 radical (unpaired) electrons. The molecule has 1 fully saturated rings. The van der Waals surface area contributed by atoms with Crippen LogP contribution in [-0.4, -0.2) is 53.6 Å². The van der Waals surface area contributed by atoms with Gasteiger partial charge in [0.05, 0.1) is 4.90 Å². The third-order valence-electron chi connectivity index (χ3n) is 3.60. The van der Waals surface area contributed by atoms with E-state index in [1.807, 2.05) is 0 Å². The Morgan fingerprint density at radius 1 is 1.18 bits per heavy atom. The third-order valence-corrected chi connectivity index (χ3v) is 6.89. The number of nitrogens with zero attached hydrogens (tertiary/aromatic N) is 1. The van der Waals surface area contributed by atoms with Crippen molar-refractivity contribution in [1.82, 2.24) is 9.62 Å². The van der Waals surface area contributed by atoms with Crippen LogP contribution in [0.1, 0.15) is 12.8 Å². The van der Waals surface area contributed by atoms with Gasteiger partial charge in [0.2, 0.25) is 10.0 Å². The number of sulfonamides is 1. The molecule has 0 aliphatic carbocycles. The van der Waals surface area contributed by atoms with Crippen molar-refractivity contribution < 1.29 is 16.8 Å². The van der Waals surface area contributed by atoms with Gasteiger partial charge in [-0.25, -0.2) is 16.8 Å². The highest BCUT2D eigenvalue weighted by atomic mass is 35.5. The Labute approximate surface area is 138 Å². The van der Waals surface area contributed by atoms with E-state index >= 15 is 0 Å². The summed E-state index contributed by atoms with van der Waals surface area (Å²) in [5.41, 5.74) is 0. The highest BCUT2D eigenvalue weighted by Crippen LogP contribution is 2.29. The summed E-state index contributed by atoms with van der Waals surface area (Å²) in [6, 6.07) is 5.65. The van der Waals surface area contributed by atoms with Crippen LogP contribution in [0.25, 0.3) is 0 Å². The summed E-state index contributed by atoms with van der Waals surface area (Å²) in [5.74, 6) is 0.